The van der Waals surface area contributed by atoms with E-state index in [1.807, 2.05) is 5.32 Å². The quantitative estimate of drug-likeness (QED) is 0.433. The molecule has 0 saturated heterocycles. The van der Waals surface area contributed by atoms with Gasteiger partial charge in [0.05, 0.1) is 0 Å². The third kappa shape index (κ3) is 5.43. The number of halogens is 1. The van der Waals surface area contributed by atoms with Gasteiger partial charge in [-0.05, 0) is 0 Å². The van der Waals surface area contributed by atoms with Crippen LogP contribution < -0.4 is 5.32 Å². The van der Waals surface area contributed by atoms with Crippen LogP contribution in [0.25, 0.3) is 0 Å². The first-order chi connectivity index (χ1) is 5.56. The van der Waals surface area contributed by atoms with Crippen molar-refractivity contribution in [1.82, 2.24) is 5.32 Å². The van der Waals surface area contributed by atoms with Crippen LogP contribution in [0.1, 0.15) is 0 Å². The van der Waals surface area contributed by atoms with Gasteiger partial charge in [-0.2, -0.15) is 0 Å². The van der Waals surface area contributed by atoms with Crippen molar-refractivity contribution in [2.75, 3.05) is 5.88 Å². The Bertz CT molecular complexity index is 220. The highest BCUT2D eigenvalue weighted by Gasteiger charge is 2.06. The van der Waals surface area contributed by atoms with Gasteiger partial charge in [0, 0.05) is 12.2 Å². The highest BCUT2D eigenvalue weighted by molar-refractivity contribution is 6.26. The number of hydrogen-bond donors (Lipinski definition) is 2. The van der Waals surface area contributed by atoms with E-state index < -0.39 is 5.97 Å². The minimum absolute atomic E-state index is 0.306. The molecule has 0 aromatic carbocycles. The number of alkyl halides is 1. The number of hydrogen-bond acceptors (Lipinski definition) is 3. The Hall–Kier alpha value is -1.36. The number of imide groups is 1. The third-order valence-electron chi connectivity index (χ3n) is 0.747. The van der Waals surface area contributed by atoms with E-state index in [1.165, 1.54) is 12.2 Å². The molecule has 0 aliphatic carbocycles. The molecule has 5 nitrogen and oxygen atoms in total. The van der Waals surface area contributed by atoms with E-state index >= 15 is 0 Å². The van der Waals surface area contributed by atoms with Crippen LogP contribution in [0.5, 0.6) is 0 Å². The van der Waals surface area contributed by atoms with Crippen molar-refractivity contribution in [3.05, 3.63) is 12.2 Å². The first-order valence-electron chi connectivity index (χ1n) is 2.87. The topological polar surface area (TPSA) is 83.5 Å². The van der Waals surface area contributed by atoms with Crippen molar-refractivity contribution in [3.8, 4) is 0 Å². The number of carboxylic acids is 1. The lowest BCUT2D eigenvalue weighted by atomic mass is 10.6. The second kappa shape index (κ2) is 5.31. The molecule has 0 radical (unpaired) electrons. The summed E-state index contributed by atoms with van der Waals surface area (Å²) in [6.07, 6.45) is 2.39. The largest absolute Gasteiger partial charge is 0.480 e. The van der Waals surface area contributed by atoms with Crippen molar-refractivity contribution < 1.29 is 19.5 Å². The number of carbonyl (C=O) groups excluding carboxylic acids is 2. The van der Waals surface area contributed by atoms with E-state index in [9.17, 15) is 14.4 Å². The summed E-state index contributed by atoms with van der Waals surface area (Å²) < 4.78 is 0. The van der Waals surface area contributed by atoms with Gasteiger partial charge in [0.2, 0.25) is 0 Å². The maximum Gasteiger partial charge on any atom is 0.318 e. The molecule has 66 valence electrons. The zero-order chi connectivity index (χ0) is 9.56. The lowest BCUT2D eigenvalue weighted by Crippen LogP contribution is -2.19. The van der Waals surface area contributed by atoms with Gasteiger partial charge in [-0.3, -0.25) is 19.7 Å². The fraction of sp³-hybridized carbons (Fsp3) is 0.167. The minimum Gasteiger partial charge on any atom is -0.480 e. The summed E-state index contributed by atoms with van der Waals surface area (Å²) in [4.78, 5) is 29.3. The van der Waals surface area contributed by atoms with Gasteiger partial charge >= 0.3 is 5.97 Å². The molecule has 2 amide bonds. The minimum atomic E-state index is -0.980. The molecule has 2 N–H and O–H groups in total. The molecule has 1 heterocycles. The zero-order valence-electron chi connectivity index (χ0n) is 5.91. The van der Waals surface area contributed by atoms with Gasteiger partial charge in [0.25, 0.3) is 11.8 Å². The molecular weight excluding hydrogens is 186 g/mol. The second-order valence-corrected chi connectivity index (χ2v) is 1.98. The summed E-state index contributed by atoms with van der Waals surface area (Å²) >= 11 is 4.74. The molecule has 1 aliphatic heterocycles. The Morgan fingerprint density at radius 1 is 1.42 bits per heavy atom. The molecule has 1 rings (SSSR count). The van der Waals surface area contributed by atoms with Crippen LogP contribution >= 0.6 is 11.6 Å². The molecule has 6 heteroatoms. The third-order valence-corrected chi connectivity index (χ3v) is 0.975. The van der Waals surface area contributed by atoms with E-state index in [0.717, 1.165) is 0 Å². The molecule has 0 fully saturated rings. The SMILES string of the molecule is O=C(O)CCl.O=C1C=CC(=O)N1. The fourth-order valence-corrected chi connectivity index (χ4v) is 0.356. The number of carboxylic acid groups (broad SMARTS) is 1. The number of aliphatic carboxylic acids is 1. The highest BCUT2D eigenvalue weighted by atomic mass is 35.5. The van der Waals surface area contributed by atoms with Gasteiger partial charge in [-0.1, -0.05) is 0 Å². The average Bonchev–Trinajstić information content (AvgIpc) is 2.36. The molecule has 0 bridgehead atoms. The van der Waals surface area contributed by atoms with Gasteiger partial charge in [-0.25, -0.2) is 0 Å². The van der Waals surface area contributed by atoms with Crippen LogP contribution in [0.2, 0.25) is 0 Å². The normalized spacial score (nSPS) is 13.4. The Balaban J connectivity index is 0.000000217. The first kappa shape index (κ1) is 10.6. The standard InChI is InChI=1S/C4H3NO2.C2H3ClO2/c6-3-1-2-4(7)5-3;3-1-2(4)5/h1-2H,(H,5,6,7);1H2,(H,4,5). The van der Waals surface area contributed by atoms with E-state index in [4.69, 9.17) is 16.7 Å². The number of nitrogens with one attached hydrogen (secondary N) is 1. The molecule has 0 spiro atoms. The van der Waals surface area contributed by atoms with E-state index in [1.54, 1.807) is 0 Å². The summed E-state index contributed by atoms with van der Waals surface area (Å²) in [6.45, 7) is 0. The first-order valence-corrected chi connectivity index (χ1v) is 3.40. The molecule has 12 heavy (non-hydrogen) atoms. The maximum atomic E-state index is 10.0. The highest BCUT2D eigenvalue weighted by Crippen LogP contribution is 1.82. The predicted molar refractivity (Wildman–Crippen MR) is 40.6 cm³/mol. The Morgan fingerprint density at radius 2 is 1.75 bits per heavy atom. The van der Waals surface area contributed by atoms with Crippen LogP contribution in [-0.2, 0) is 14.4 Å². The molecule has 0 aromatic rings. The smallest absolute Gasteiger partial charge is 0.318 e. The van der Waals surface area contributed by atoms with Crippen LogP contribution in [0.3, 0.4) is 0 Å². The van der Waals surface area contributed by atoms with Crippen molar-refractivity contribution in [3.63, 3.8) is 0 Å². The molecule has 0 aromatic heterocycles. The molecule has 0 atom stereocenters. The molecule has 1 aliphatic rings. The lowest BCUT2D eigenvalue weighted by Gasteiger charge is -1.80. The molecular formula is C6H6ClNO4. The van der Waals surface area contributed by atoms with E-state index in [2.05, 4.69) is 0 Å². The number of amides is 2. The van der Waals surface area contributed by atoms with Crippen molar-refractivity contribution >= 4 is 29.4 Å². The molecule has 0 saturated carbocycles. The summed E-state index contributed by atoms with van der Waals surface area (Å²) in [5.41, 5.74) is 0. The predicted octanol–water partition coefficient (Wildman–Crippen LogP) is -0.491. The Kier molecular flexibility index (Phi) is 4.71. The van der Waals surface area contributed by atoms with Crippen LogP contribution in [0.15, 0.2) is 12.2 Å². The fourth-order valence-electron chi connectivity index (χ4n) is 0.356. The molecule has 0 unspecified atom stereocenters. The van der Waals surface area contributed by atoms with Crippen LogP contribution in [0, 0.1) is 0 Å². The van der Waals surface area contributed by atoms with Gasteiger partial charge in [0.1, 0.15) is 5.88 Å². The summed E-state index contributed by atoms with van der Waals surface area (Å²) in [5, 5.41) is 9.62. The Morgan fingerprint density at radius 3 is 1.83 bits per heavy atom. The summed E-state index contributed by atoms with van der Waals surface area (Å²) in [6, 6.07) is 0. The van der Waals surface area contributed by atoms with Gasteiger partial charge in [0.15, 0.2) is 0 Å². The van der Waals surface area contributed by atoms with Crippen molar-refractivity contribution in [2.45, 2.75) is 0 Å². The summed E-state index contributed by atoms with van der Waals surface area (Å²) in [5.74, 6) is -1.94. The second-order valence-electron chi connectivity index (χ2n) is 1.71. The average molecular weight is 192 g/mol. The maximum absolute atomic E-state index is 10.0. The number of carbonyl (C=O) groups is 3. The zero-order valence-corrected chi connectivity index (χ0v) is 6.67. The summed E-state index contributed by atoms with van der Waals surface area (Å²) in [7, 11) is 0. The van der Waals surface area contributed by atoms with E-state index in [-0.39, 0.29) is 17.7 Å². The number of rotatable bonds is 1. The van der Waals surface area contributed by atoms with E-state index in [0.29, 0.717) is 0 Å². The van der Waals surface area contributed by atoms with Crippen LogP contribution in [-0.4, -0.2) is 28.8 Å². The monoisotopic (exact) mass is 191 g/mol. The van der Waals surface area contributed by atoms with Gasteiger partial charge in [-0.15, -0.1) is 11.6 Å². The Labute approximate surface area is 73.0 Å². The lowest BCUT2D eigenvalue weighted by molar-refractivity contribution is -0.134. The van der Waals surface area contributed by atoms with Gasteiger partial charge < -0.3 is 5.11 Å². The van der Waals surface area contributed by atoms with Crippen molar-refractivity contribution in [2.24, 2.45) is 0 Å². The van der Waals surface area contributed by atoms with Crippen molar-refractivity contribution in [1.29, 1.82) is 0 Å². The van der Waals surface area contributed by atoms with Crippen LogP contribution in [0.4, 0.5) is 0 Å².